The topological polar surface area (TPSA) is 55.1 Å². The van der Waals surface area contributed by atoms with Gasteiger partial charge in [-0.15, -0.1) is 0 Å². The third kappa shape index (κ3) is 4.41. The van der Waals surface area contributed by atoms with Crippen molar-refractivity contribution in [2.45, 2.75) is 45.1 Å². The standard InChI is InChI=1S/C17H24N2O/c1-13(15-7-3-2-4-8-15)19-17(20)11-10-14-6-5-9-16(18)12-14/h5-6,9-13,15H,2-4,7-8,18H2,1H3,(H,19,20)/b11-10+/t13-/m1/s1. The van der Waals surface area contributed by atoms with E-state index < -0.39 is 0 Å². The van der Waals surface area contributed by atoms with Gasteiger partial charge in [0.2, 0.25) is 5.91 Å². The number of nitrogens with two attached hydrogens (primary N) is 1. The molecule has 0 radical (unpaired) electrons. The van der Waals surface area contributed by atoms with Crippen molar-refractivity contribution in [3.05, 3.63) is 35.9 Å². The molecule has 1 aliphatic rings. The van der Waals surface area contributed by atoms with E-state index in [9.17, 15) is 4.79 Å². The molecular weight excluding hydrogens is 248 g/mol. The number of carbonyl (C=O) groups excluding carboxylic acids is 1. The van der Waals surface area contributed by atoms with E-state index >= 15 is 0 Å². The number of nitrogens with one attached hydrogen (secondary N) is 1. The quantitative estimate of drug-likeness (QED) is 0.652. The van der Waals surface area contributed by atoms with Crippen LogP contribution in [0.2, 0.25) is 0 Å². The van der Waals surface area contributed by atoms with Gasteiger partial charge in [0.1, 0.15) is 0 Å². The van der Waals surface area contributed by atoms with Crippen molar-refractivity contribution in [1.29, 1.82) is 0 Å². The van der Waals surface area contributed by atoms with Crippen LogP contribution in [0.25, 0.3) is 6.08 Å². The Bertz CT molecular complexity index is 476. The lowest BCUT2D eigenvalue weighted by molar-refractivity contribution is -0.117. The summed E-state index contributed by atoms with van der Waals surface area (Å²) in [7, 11) is 0. The third-order valence-corrected chi connectivity index (χ3v) is 4.06. The van der Waals surface area contributed by atoms with Crippen molar-refractivity contribution in [1.82, 2.24) is 5.32 Å². The maximum absolute atomic E-state index is 11.9. The molecule has 0 saturated heterocycles. The number of anilines is 1. The van der Waals surface area contributed by atoms with Crippen molar-refractivity contribution in [3.8, 4) is 0 Å². The molecule has 108 valence electrons. The predicted octanol–water partition coefficient (Wildman–Crippen LogP) is 3.37. The number of amides is 1. The first-order valence-electron chi connectivity index (χ1n) is 7.49. The molecule has 1 atom stereocenters. The van der Waals surface area contributed by atoms with Crippen LogP contribution in [0.15, 0.2) is 30.3 Å². The number of rotatable bonds is 4. The zero-order valence-corrected chi connectivity index (χ0v) is 12.1. The van der Waals surface area contributed by atoms with Crippen LogP contribution in [-0.4, -0.2) is 11.9 Å². The molecule has 0 aromatic heterocycles. The van der Waals surface area contributed by atoms with Gasteiger partial charge in [0, 0.05) is 17.8 Å². The van der Waals surface area contributed by atoms with Gasteiger partial charge in [-0.2, -0.15) is 0 Å². The lowest BCUT2D eigenvalue weighted by atomic mass is 9.84. The Kier molecular flexibility index (Phi) is 5.22. The van der Waals surface area contributed by atoms with Gasteiger partial charge in [-0.25, -0.2) is 0 Å². The van der Waals surface area contributed by atoms with Crippen LogP contribution in [0.5, 0.6) is 0 Å². The van der Waals surface area contributed by atoms with Gasteiger partial charge >= 0.3 is 0 Å². The van der Waals surface area contributed by atoms with Gasteiger partial charge in [-0.1, -0.05) is 31.4 Å². The van der Waals surface area contributed by atoms with Gasteiger partial charge in [-0.05, 0) is 49.5 Å². The summed E-state index contributed by atoms with van der Waals surface area (Å²) in [6.45, 7) is 2.11. The van der Waals surface area contributed by atoms with Crippen LogP contribution >= 0.6 is 0 Å². The van der Waals surface area contributed by atoms with E-state index in [1.165, 1.54) is 32.1 Å². The maximum Gasteiger partial charge on any atom is 0.244 e. The fourth-order valence-electron chi connectivity index (χ4n) is 2.86. The Morgan fingerprint density at radius 1 is 1.35 bits per heavy atom. The molecule has 1 aromatic carbocycles. The Morgan fingerprint density at radius 2 is 2.10 bits per heavy atom. The molecule has 1 aliphatic carbocycles. The molecule has 0 spiro atoms. The Labute approximate surface area is 121 Å². The number of nitrogen functional groups attached to an aromatic ring is 1. The average molecular weight is 272 g/mol. The van der Waals surface area contributed by atoms with E-state index in [0.717, 1.165) is 5.56 Å². The molecule has 3 nitrogen and oxygen atoms in total. The number of hydrogen-bond donors (Lipinski definition) is 2. The summed E-state index contributed by atoms with van der Waals surface area (Å²) in [6, 6.07) is 7.77. The molecule has 1 fully saturated rings. The van der Waals surface area contributed by atoms with Gasteiger partial charge in [0.25, 0.3) is 0 Å². The predicted molar refractivity (Wildman–Crippen MR) is 84.1 cm³/mol. The summed E-state index contributed by atoms with van der Waals surface area (Å²) in [6.07, 6.45) is 9.80. The average Bonchev–Trinajstić information content (AvgIpc) is 2.46. The first-order chi connectivity index (χ1) is 9.65. The molecule has 0 heterocycles. The summed E-state index contributed by atoms with van der Waals surface area (Å²) in [5.74, 6) is 0.610. The number of hydrogen-bond acceptors (Lipinski definition) is 2. The van der Waals surface area contributed by atoms with E-state index in [-0.39, 0.29) is 11.9 Å². The molecule has 0 bridgehead atoms. The van der Waals surface area contributed by atoms with E-state index in [4.69, 9.17) is 5.73 Å². The van der Waals surface area contributed by atoms with Crippen LogP contribution in [0, 0.1) is 5.92 Å². The summed E-state index contributed by atoms with van der Waals surface area (Å²) in [4.78, 5) is 11.9. The molecule has 0 unspecified atom stereocenters. The molecule has 3 heteroatoms. The molecule has 1 aromatic rings. The molecular formula is C17H24N2O. The van der Waals surface area contributed by atoms with Crippen molar-refractivity contribution < 1.29 is 4.79 Å². The maximum atomic E-state index is 11.9. The monoisotopic (exact) mass is 272 g/mol. The second-order valence-corrected chi connectivity index (χ2v) is 5.70. The molecule has 0 aliphatic heterocycles. The van der Waals surface area contributed by atoms with Gasteiger partial charge < -0.3 is 11.1 Å². The summed E-state index contributed by atoms with van der Waals surface area (Å²) in [5, 5.41) is 3.08. The molecule has 2 rings (SSSR count). The Balaban J connectivity index is 1.85. The summed E-state index contributed by atoms with van der Waals surface area (Å²) >= 11 is 0. The largest absolute Gasteiger partial charge is 0.399 e. The fraction of sp³-hybridized carbons (Fsp3) is 0.471. The summed E-state index contributed by atoms with van der Waals surface area (Å²) in [5.41, 5.74) is 7.37. The highest BCUT2D eigenvalue weighted by molar-refractivity contribution is 5.92. The van der Waals surface area contributed by atoms with Gasteiger partial charge in [0.15, 0.2) is 0 Å². The van der Waals surface area contributed by atoms with Gasteiger partial charge in [0.05, 0.1) is 0 Å². The minimum atomic E-state index is -0.0227. The van der Waals surface area contributed by atoms with Crippen molar-refractivity contribution in [2.24, 2.45) is 5.92 Å². The van der Waals surface area contributed by atoms with E-state index in [2.05, 4.69) is 12.2 Å². The normalized spacial score (nSPS) is 18.1. The van der Waals surface area contributed by atoms with E-state index in [0.29, 0.717) is 11.6 Å². The zero-order valence-electron chi connectivity index (χ0n) is 12.1. The summed E-state index contributed by atoms with van der Waals surface area (Å²) < 4.78 is 0. The zero-order chi connectivity index (χ0) is 14.4. The van der Waals surface area contributed by atoms with Crippen LogP contribution in [0.4, 0.5) is 5.69 Å². The lowest BCUT2D eigenvalue weighted by Gasteiger charge is -2.27. The number of benzene rings is 1. The molecule has 3 N–H and O–H groups in total. The molecule has 1 saturated carbocycles. The van der Waals surface area contributed by atoms with Crippen LogP contribution in [-0.2, 0) is 4.79 Å². The van der Waals surface area contributed by atoms with E-state index in [1.54, 1.807) is 12.2 Å². The molecule has 20 heavy (non-hydrogen) atoms. The second kappa shape index (κ2) is 7.13. The van der Waals surface area contributed by atoms with Crippen LogP contribution in [0.3, 0.4) is 0 Å². The molecule has 1 amide bonds. The highest BCUT2D eigenvalue weighted by atomic mass is 16.1. The van der Waals surface area contributed by atoms with Crippen LogP contribution < -0.4 is 11.1 Å². The van der Waals surface area contributed by atoms with Gasteiger partial charge in [-0.3, -0.25) is 4.79 Å². The minimum absolute atomic E-state index is 0.0227. The highest BCUT2D eigenvalue weighted by Crippen LogP contribution is 2.26. The minimum Gasteiger partial charge on any atom is -0.399 e. The fourth-order valence-corrected chi connectivity index (χ4v) is 2.86. The Hall–Kier alpha value is -1.77. The first kappa shape index (κ1) is 14.6. The second-order valence-electron chi connectivity index (χ2n) is 5.70. The van der Waals surface area contributed by atoms with Crippen molar-refractivity contribution in [3.63, 3.8) is 0 Å². The SMILES string of the molecule is C[C@@H](NC(=O)/C=C/c1cccc(N)c1)C1CCCCC1. The smallest absolute Gasteiger partial charge is 0.244 e. The lowest BCUT2D eigenvalue weighted by Crippen LogP contribution is -2.37. The third-order valence-electron chi connectivity index (χ3n) is 4.06. The van der Waals surface area contributed by atoms with E-state index in [1.807, 2.05) is 24.3 Å². The van der Waals surface area contributed by atoms with Crippen molar-refractivity contribution >= 4 is 17.7 Å². The van der Waals surface area contributed by atoms with Crippen LogP contribution in [0.1, 0.15) is 44.6 Å². The Morgan fingerprint density at radius 3 is 2.80 bits per heavy atom. The first-order valence-corrected chi connectivity index (χ1v) is 7.49. The van der Waals surface area contributed by atoms with Crippen molar-refractivity contribution in [2.75, 3.05) is 5.73 Å². The highest BCUT2D eigenvalue weighted by Gasteiger charge is 2.20. The number of carbonyl (C=O) groups is 1.